The van der Waals surface area contributed by atoms with Crippen molar-refractivity contribution >= 4 is 21.6 Å². The topological polar surface area (TPSA) is 60.9 Å². The van der Waals surface area contributed by atoms with Gasteiger partial charge in [0, 0.05) is 50.9 Å². The fraction of sp³-hybridized carbons (Fsp3) is 0.588. The molecule has 0 radical (unpaired) electrons. The van der Waals surface area contributed by atoms with Gasteiger partial charge in [0.25, 0.3) is 0 Å². The van der Waals surface area contributed by atoms with Gasteiger partial charge in [-0.25, -0.2) is 12.8 Å². The molecule has 0 unspecified atom stereocenters. The number of halogens is 1. The summed E-state index contributed by atoms with van der Waals surface area (Å²) in [5.41, 5.74) is 0.941. The van der Waals surface area contributed by atoms with Crippen LogP contribution in [0.25, 0.3) is 0 Å². The predicted octanol–water partition coefficient (Wildman–Crippen LogP) is 1.53. The van der Waals surface area contributed by atoms with Gasteiger partial charge in [-0.05, 0) is 38.1 Å². The van der Waals surface area contributed by atoms with Crippen molar-refractivity contribution in [2.24, 2.45) is 0 Å². The number of benzene rings is 1. The van der Waals surface area contributed by atoms with Gasteiger partial charge < -0.3 is 9.80 Å². The van der Waals surface area contributed by atoms with Gasteiger partial charge in [-0.1, -0.05) is 0 Å². The van der Waals surface area contributed by atoms with E-state index >= 15 is 0 Å². The molecule has 0 atom stereocenters. The molecule has 2 rings (SSSR count). The molecule has 8 heteroatoms. The van der Waals surface area contributed by atoms with E-state index < -0.39 is 10.0 Å². The van der Waals surface area contributed by atoms with Crippen molar-refractivity contribution in [3.05, 3.63) is 30.1 Å². The van der Waals surface area contributed by atoms with Crippen LogP contribution in [-0.2, 0) is 14.8 Å². The normalized spacial score (nSPS) is 15.9. The Kier molecular flexibility index (Phi) is 6.40. The molecule has 0 spiro atoms. The molecule has 1 aliphatic heterocycles. The summed E-state index contributed by atoms with van der Waals surface area (Å²) in [6, 6.07) is 6.16. The van der Waals surface area contributed by atoms with E-state index in [0.29, 0.717) is 26.2 Å². The highest BCUT2D eigenvalue weighted by Crippen LogP contribution is 2.17. The molecule has 0 saturated carbocycles. The van der Waals surface area contributed by atoms with Crippen LogP contribution in [0.2, 0.25) is 0 Å². The van der Waals surface area contributed by atoms with Crippen LogP contribution in [0.1, 0.15) is 20.3 Å². The maximum absolute atomic E-state index is 13.0. The maximum Gasteiger partial charge on any atom is 0.224 e. The first kappa shape index (κ1) is 19.7. The summed E-state index contributed by atoms with van der Waals surface area (Å²) in [4.78, 5) is 16.3. The third kappa shape index (κ3) is 5.40. The Bertz CT molecular complexity index is 684. The van der Waals surface area contributed by atoms with Crippen LogP contribution in [0.3, 0.4) is 0 Å². The third-order valence-electron chi connectivity index (χ3n) is 4.37. The Balaban J connectivity index is 1.85. The van der Waals surface area contributed by atoms with E-state index in [1.165, 1.54) is 22.7 Å². The number of hydrogen-bond donors (Lipinski definition) is 0. The Morgan fingerprint density at radius 2 is 1.72 bits per heavy atom. The molecule has 1 heterocycles. The second-order valence-corrected chi connectivity index (χ2v) is 8.50. The van der Waals surface area contributed by atoms with Gasteiger partial charge in [0.2, 0.25) is 15.9 Å². The van der Waals surface area contributed by atoms with E-state index in [0.717, 1.165) is 5.69 Å². The zero-order valence-electron chi connectivity index (χ0n) is 15.0. The maximum atomic E-state index is 13.0. The monoisotopic (exact) mass is 371 g/mol. The van der Waals surface area contributed by atoms with Crippen molar-refractivity contribution in [2.75, 3.05) is 43.9 Å². The highest BCUT2D eigenvalue weighted by Gasteiger charge is 2.25. The third-order valence-corrected chi connectivity index (χ3v) is 5.83. The SMILES string of the molecule is CC(C)N(CCC(=O)N1CCN(c2ccc(F)cc2)CC1)S(C)(=O)=O. The molecular weight excluding hydrogens is 345 g/mol. The van der Waals surface area contributed by atoms with Crippen molar-refractivity contribution in [3.8, 4) is 0 Å². The second kappa shape index (κ2) is 8.14. The highest BCUT2D eigenvalue weighted by atomic mass is 32.2. The van der Waals surface area contributed by atoms with Gasteiger partial charge in [-0.2, -0.15) is 4.31 Å². The number of anilines is 1. The fourth-order valence-electron chi connectivity index (χ4n) is 3.04. The van der Waals surface area contributed by atoms with E-state index in [4.69, 9.17) is 0 Å². The fourth-order valence-corrected chi connectivity index (χ4v) is 4.23. The smallest absolute Gasteiger partial charge is 0.224 e. The molecule has 1 fully saturated rings. The quantitative estimate of drug-likeness (QED) is 0.761. The van der Waals surface area contributed by atoms with Crippen molar-refractivity contribution in [2.45, 2.75) is 26.3 Å². The lowest BCUT2D eigenvalue weighted by molar-refractivity contribution is -0.131. The van der Waals surface area contributed by atoms with Crippen molar-refractivity contribution in [1.82, 2.24) is 9.21 Å². The summed E-state index contributed by atoms with van der Waals surface area (Å²) in [5.74, 6) is -0.300. The number of rotatable bonds is 6. The summed E-state index contributed by atoms with van der Waals surface area (Å²) in [6.07, 6.45) is 1.35. The summed E-state index contributed by atoms with van der Waals surface area (Å²) in [6.45, 7) is 6.32. The highest BCUT2D eigenvalue weighted by molar-refractivity contribution is 7.88. The van der Waals surface area contributed by atoms with Crippen LogP contribution in [0.15, 0.2) is 24.3 Å². The van der Waals surface area contributed by atoms with Crippen molar-refractivity contribution < 1.29 is 17.6 Å². The van der Waals surface area contributed by atoms with E-state index in [1.54, 1.807) is 30.9 Å². The van der Waals surface area contributed by atoms with Crippen molar-refractivity contribution in [3.63, 3.8) is 0 Å². The minimum atomic E-state index is -3.32. The van der Waals surface area contributed by atoms with Gasteiger partial charge >= 0.3 is 0 Å². The summed E-state index contributed by atoms with van der Waals surface area (Å²) in [5, 5.41) is 0. The molecule has 1 amide bonds. The Morgan fingerprint density at radius 3 is 2.20 bits per heavy atom. The van der Waals surface area contributed by atoms with Gasteiger partial charge in [0.1, 0.15) is 5.82 Å². The Morgan fingerprint density at radius 1 is 1.16 bits per heavy atom. The molecule has 1 aromatic carbocycles. The number of amides is 1. The standard InChI is InChI=1S/C17H26FN3O3S/c1-14(2)21(25(3,23)24)9-8-17(22)20-12-10-19(11-13-20)16-6-4-15(18)5-7-16/h4-7,14H,8-13H2,1-3H3. The average Bonchev–Trinajstić information content (AvgIpc) is 2.54. The van der Waals surface area contributed by atoms with Crippen LogP contribution in [0.4, 0.5) is 10.1 Å². The molecular formula is C17H26FN3O3S. The first-order valence-electron chi connectivity index (χ1n) is 8.43. The molecule has 6 nitrogen and oxygen atoms in total. The van der Waals surface area contributed by atoms with Gasteiger partial charge in [-0.15, -0.1) is 0 Å². The zero-order chi connectivity index (χ0) is 18.6. The molecule has 0 aliphatic carbocycles. The van der Waals surface area contributed by atoms with Crippen LogP contribution in [0.5, 0.6) is 0 Å². The van der Waals surface area contributed by atoms with Gasteiger partial charge in [0.15, 0.2) is 0 Å². The predicted molar refractivity (Wildman–Crippen MR) is 96.5 cm³/mol. The Labute approximate surface area is 149 Å². The number of carbonyl (C=O) groups is 1. The zero-order valence-corrected chi connectivity index (χ0v) is 15.8. The van der Waals surface area contributed by atoms with E-state index in [2.05, 4.69) is 4.90 Å². The van der Waals surface area contributed by atoms with Crippen molar-refractivity contribution in [1.29, 1.82) is 0 Å². The molecule has 0 aromatic heterocycles. The summed E-state index contributed by atoms with van der Waals surface area (Å²) >= 11 is 0. The molecule has 1 aliphatic rings. The molecule has 1 aromatic rings. The van der Waals surface area contributed by atoms with E-state index in [9.17, 15) is 17.6 Å². The van der Waals surface area contributed by atoms with Crippen LogP contribution < -0.4 is 4.90 Å². The summed E-state index contributed by atoms with van der Waals surface area (Å²) < 4.78 is 37.8. The molecule has 25 heavy (non-hydrogen) atoms. The lowest BCUT2D eigenvalue weighted by Gasteiger charge is -2.36. The second-order valence-electron chi connectivity index (χ2n) is 6.56. The lowest BCUT2D eigenvalue weighted by Crippen LogP contribution is -2.49. The molecule has 0 N–H and O–H groups in total. The van der Waals surface area contributed by atoms with E-state index in [-0.39, 0.29) is 30.7 Å². The minimum Gasteiger partial charge on any atom is -0.368 e. The Hall–Kier alpha value is -1.67. The first-order valence-corrected chi connectivity index (χ1v) is 10.3. The minimum absolute atomic E-state index is 0.0342. The molecule has 1 saturated heterocycles. The van der Waals surface area contributed by atoms with Crippen LogP contribution in [0, 0.1) is 5.82 Å². The number of carbonyl (C=O) groups excluding carboxylic acids is 1. The number of sulfonamides is 1. The lowest BCUT2D eigenvalue weighted by atomic mass is 10.2. The molecule has 140 valence electrons. The van der Waals surface area contributed by atoms with Gasteiger partial charge in [0.05, 0.1) is 6.26 Å². The average molecular weight is 371 g/mol. The number of hydrogen-bond acceptors (Lipinski definition) is 4. The number of nitrogens with zero attached hydrogens (tertiary/aromatic N) is 3. The molecule has 0 bridgehead atoms. The van der Waals surface area contributed by atoms with Crippen LogP contribution >= 0.6 is 0 Å². The summed E-state index contributed by atoms with van der Waals surface area (Å²) in [7, 11) is -3.32. The number of piperazine rings is 1. The largest absolute Gasteiger partial charge is 0.368 e. The van der Waals surface area contributed by atoms with Crippen LogP contribution in [-0.4, -0.2) is 68.6 Å². The first-order chi connectivity index (χ1) is 11.7. The van der Waals surface area contributed by atoms with Gasteiger partial charge in [-0.3, -0.25) is 4.79 Å². The van der Waals surface area contributed by atoms with E-state index in [1.807, 2.05) is 0 Å².